The Morgan fingerprint density at radius 1 is 1.29 bits per heavy atom. The molecule has 0 radical (unpaired) electrons. The zero-order chi connectivity index (χ0) is 26.2. The van der Waals surface area contributed by atoms with Gasteiger partial charge in [-0.2, -0.15) is 5.26 Å². The lowest BCUT2D eigenvalue weighted by Crippen LogP contribution is -2.59. The fourth-order valence-electron chi connectivity index (χ4n) is 6.72. The second-order valence-electron chi connectivity index (χ2n) is 9.71. The maximum atomic E-state index is 15.0. The zero-order valence-electron chi connectivity index (χ0n) is 20.1. The number of methoxy groups -OCH3 is 1. The van der Waals surface area contributed by atoms with Crippen molar-refractivity contribution in [1.82, 2.24) is 19.9 Å². The van der Waals surface area contributed by atoms with Gasteiger partial charge in [-0.05, 0) is 36.4 Å². The standard InChI is InChI=1S/C27H21ClN6O3S/c1-37-15-3-5-19-16(9-15)17(10-32-19)23(35)26(12-29)22(24-30-6-7-31-24)21-11-38-13-34(21)27(26)18-8-14(28)2-4-20(18)33-25(27)36/h2-10,21-22,32H,11,13H2,1H3,(H,30,31)(H,33,36)/t21?,22-,26+,27-/m1/s1. The molecule has 0 bridgehead atoms. The van der Waals surface area contributed by atoms with Crippen LogP contribution in [0.4, 0.5) is 5.69 Å². The summed E-state index contributed by atoms with van der Waals surface area (Å²) in [6.07, 6.45) is 4.90. The lowest BCUT2D eigenvalue weighted by Gasteiger charge is -2.41. The topological polar surface area (TPSA) is 127 Å². The molecule has 1 amide bonds. The lowest BCUT2D eigenvalue weighted by atomic mass is 9.59. The van der Waals surface area contributed by atoms with Crippen molar-refractivity contribution in [3.05, 3.63) is 77.0 Å². The van der Waals surface area contributed by atoms with Crippen molar-refractivity contribution in [2.24, 2.45) is 5.41 Å². The van der Waals surface area contributed by atoms with Crippen LogP contribution in [-0.4, -0.2) is 56.3 Å². The summed E-state index contributed by atoms with van der Waals surface area (Å²) in [5.74, 6) is 0.598. The third-order valence-corrected chi connectivity index (χ3v) is 9.48. The molecule has 190 valence electrons. The molecule has 5 heterocycles. The molecule has 7 rings (SSSR count). The first-order valence-corrected chi connectivity index (χ1v) is 13.6. The van der Waals surface area contributed by atoms with Crippen molar-refractivity contribution >= 4 is 51.6 Å². The highest BCUT2D eigenvalue weighted by Crippen LogP contribution is 2.67. The first kappa shape index (κ1) is 23.3. The van der Waals surface area contributed by atoms with Crippen LogP contribution in [0.15, 0.2) is 55.0 Å². The number of imidazole rings is 1. The number of carbonyl (C=O) groups is 2. The molecule has 3 N–H and O–H groups in total. The number of hydrogen-bond acceptors (Lipinski definition) is 7. The number of nitrogens with zero attached hydrogens (tertiary/aromatic N) is 3. The van der Waals surface area contributed by atoms with E-state index >= 15 is 4.79 Å². The molecule has 4 aromatic rings. The molecule has 11 heteroatoms. The van der Waals surface area contributed by atoms with Crippen molar-refractivity contribution < 1.29 is 14.3 Å². The van der Waals surface area contributed by atoms with E-state index in [1.807, 2.05) is 11.0 Å². The van der Waals surface area contributed by atoms with Crippen molar-refractivity contribution in [3.63, 3.8) is 0 Å². The molecule has 2 saturated heterocycles. The van der Waals surface area contributed by atoms with Gasteiger partial charge in [-0.3, -0.25) is 14.5 Å². The number of ether oxygens (including phenoxy) is 1. The van der Waals surface area contributed by atoms with E-state index in [1.165, 1.54) is 0 Å². The molecule has 1 unspecified atom stereocenters. The van der Waals surface area contributed by atoms with Gasteiger partial charge in [-0.25, -0.2) is 4.98 Å². The number of ketones is 1. The molecule has 3 aliphatic heterocycles. The highest BCUT2D eigenvalue weighted by Gasteiger charge is 2.79. The molecule has 9 nitrogen and oxygen atoms in total. The Morgan fingerprint density at radius 3 is 2.92 bits per heavy atom. The predicted octanol–water partition coefficient (Wildman–Crippen LogP) is 4.27. The number of H-pyrrole nitrogens is 2. The number of benzene rings is 2. The number of hydrogen-bond donors (Lipinski definition) is 3. The molecule has 0 aliphatic carbocycles. The number of fused-ring (bicyclic) bond motifs is 5. The molecule has 2 aromatic heterocycles. The van der Waals surface area contributed by atoms with Gasteiger partial charge >= 0.3 is 0 Å². The largest absolute Gasteiger partial charge is 0.497 e. The smallest absolute Gasteiger partial charge is 0.251 e. The number of nitriles is 1. The molecule has 3 aliphatic rings. The third kappa shape index (κ3) is 2.68. The van der Waals surface area contributed by atoms with Gasteiger partial charge in [0.2, 0.25) is 0 Å². The molecule has 1 spiro atoms. The molecular formula is C27H21ClN6O3S. The molecule has 0 saturated carbocycles. The highest BCUT2D eigenvalue weighted by molar-refractivity contribution is 7.99. The van der Waals surface area contributed by atoms with E-state index in [0.29, 0.717) is 50.4 Å². The molecule has 38 heavy (non-hydrogen) atoms. The molecule has 2 fully saturated rings. The number of Topliss-reactive ketones (excluding diaryl/α,β-unsaturated/α-hetero) is 1. The van der Waals surface area contributed by atoms with Gasteiger partial charge in [-0.1, -0.05) is 11.6 Å². The monoisotopic (exact) mass is 544 g/mol. The van der Waals surface area contributed by atoms with Crippen LogP contribution < -0.4 is 10.1 Å². The van der Waals surface area contributed by atoms with Gasteiger partial charge < -0.3 is 20.0 Å². The number of aromatic amines is 2. The van der Waals surface area contributed by atoms with Crippen LogP contribution >= 0.6 is 23.4 Å². The van der Waals surface area contributed by atoms with E-state index in [9.17, 15) is 10.1 Å². The van der Waals surface area contributed by atoms with Crippen molar-refractivity contribution in [2.45, 2.75) is 17.5 Å². The minimum atomic E-state index is -1.87. The van der Waals surface area contributed by atoms with Gasteiger partial charge in [0, 0.05) is 69.0 Å². The summed E-state index contributed by atoms with van der Waals surface area (Å²) in [4.78, 5) is 42.2. The van der Waals surface area contributed by atoms with Crippen molar-refractivity contribution in [2.75, 3.05) is 24.1 Å². The summed E-state index contributed by atoms with van der Waals surface area (Å²) in [5, 5.41) is 15.2. The number of rotatable bonds is 4. The highest BCUT2D eigenvalue weighted by atomic mass is 35.5. The number of aromatic nitrogens is 3. The zero-order valence-corrected chi connectivity index (χ0v) is 21.7. The van der Waals surface area contributed by atoms with Gasteiger partial charge in [0.15, 0.2) is 16.7 Å². The maximum Gasteiger partial charge on any atom is 0.251 e. The van der Waals surface area contributed by atoms with Crippen LogP contribution in [0.3, 0.4) is 0 Å². The first-order chi connectivity index (χ1) is 18.5. The average Bonchev–Trinajstić information content (AvgIpc) is 3.74. The number of nitrogens with one attached hydrogen (secondary N) is 3. The normalized spacial score (nSPS) is 27.9. The fourth-order valence-corrected chi connectivity index (χ4v) is 8.20. The van der Waals surface area contributed by atoms with Gasteiger partial charge in [0.05, 0.1) is 19.1 Å². The second-order valence-corrected chi connectivity index (χ2v) is 11.1. The van der Waals surface area contributed by atoms with Crippen LogP contribution in [0.2, 0.25) is 5.02 Å². The minimum absolute atomic E-state index is 0.301. The number of anilines is 1. The van der Waals surface area contributed by atoms with E-state index in [4.69, 9.17) is 16.3 Å². The second kappa shape index (κ2) is 8.11. The van der Waals surface area contributed by atoms with Crippen LogP contribution in [0.25, 0.3) is 10.9 Å². The third-order valence-electron chi connectivity index (χ3n) is 8.20. The van der Waals surface area contributed by atoms with Crippen molar-refractivity contribution in [3.8, 4) is 11.8 Å². The summed E-state index contributed by atoms with van der Waals surface area (Å²) < 4.78 is 5.42. The molecule has 4 atom stereocenters. The number of carbonyl (C=O) groups excluding carboxylic acids is 2. The Kier molecular flexibility index (Phi) is 4.98. The number of thioether (sulfide) groups is 1. The van der Waals surface area contributed by atoms with Crippen LogP contribution in [0.5, 0.6) is 5.75 Å². The SMILES string of the molecule is COc1ccc2[nH]cc(C(=O)[C@]3(C#N)[C@@H](c4ncc[nH]4)C4CSCN4[C@]34C(=O)Nc3ccc(Cl)cc34)c2c1. The van der Waals surface area contributed by atoms with E-state index in [1.54, 1.807) is 67.8 Å². The fraction of sp³-hybridized carbons (Fsp3) is 0.259. The van der Waals surface area contributed by atoms with Gasteiger partial charge in [0.1, 0.15) is 11.6 Å². The van der Waals surface area contributed by atoms with E-state index in [0.717, 1.165) is 5.52 Å². The van der Waals surface area contributed by atoms with Crippen LogP contribution in [0.1, 0.15) is 27.7 Å². The minimum Gasteiger partial charge on any atom is -0.497 e. The summed E-state index contributed by atoms with van der Waals surface area (Å²) >= 11 is 8.14. The van der Waals surface area contributed by atoms with E-state index in [2.05, 4.69) is 26.3 Å². The van der Waals surface area contributed by atoms with Gasteiger partial charge in [-0.15, -0.1) is 11.8 Å². The summed E-state index contributed by atoms with van der Waals surface area (Å²) in [6, 6.07) is 12.7. The quantitative estimate of drug-likeness (QED) is 0.327. The van der Waals surface area contributed by atoms with Crippen molar-refractivity contribution in [1.29, 1.82) is 5.26 Å². The predicted molar refractivity (Wildman–Crippen MR) is 143 cm³/mol. The summed E-state index contributed by atoms with van der Waals surface area (Å²) in [5.41, 5.74) is -1.37. The Labute approximate surface area is 226 Å². The lowest BCUT2D eigenvalue weighted by molar-refractivity contribution is -0.129. The Bertz CT molecular complexity index is 1680. The average molecular weight is 545 g/mol. The van der Waals surface area contributed by atoms with Crippen LogP contribution in [-0.2, 0) is 10.3 Å². The van der Waals surface area contributed by atoms with Crippen LogP contribution in [0, 0.1) is 16.7 Å². The van der Waals surface area contributed by atoms with E-state index in [-0.39, 0.29) is 6.04 Å². The summed E-state index contributed by atoms with van der Waals surface area (Å²) in [6.45, 7) is 0. The molecular weight excluding hydrogens is 524 g/mol. The Balaban J connectivity index is 1.58. The maximum absolute atomic E-state index is 15.0. The first-order valence-electron chi connectivity index (χ1n) is 12.0. The Hall–Kier alpha value is -3.78. The number of halogens is 1. The summed E-state index contributed by atoms with van der Waals surface area (Å²) in [7, 11) is 1.56. The van der Waals surface area contributed by atoms with E-state index < -0.39 is 28.6 Å². The van der Waals surface area contributed by atoms with Gasteiger partial charge in [0.25, 0.3) is 5.91 Å². The Morgan fingerprint density at radius 2 is 2.16 bits per heavy atom. The molecule has 2 aromatic carbocycles. The number of amides is 1.